The first kappa shape index (κ1) is 11.7. The highest BCUT2D eigenvalue weighted by molar-refractivity contribution is 5.53. The number of phenols is 3. The third-order valence-corrected chi connectivity index (χ3v) is 2.31. The van der Waals surface area contributed by atoms with Gasteiger partial charge in [-0.05, 0) is 23.5 Å². The van der Waals surface area contributed by atoms with Gasteiger partial charge < -0.3 is 20.4 Å². The topological polar surface area (TPSA) is 80.9 Å². The van der Waals surface area contributed by atoms with E-state index in [0.29, 0.717) is 12.0 Å². The number of hydrogen-bond acceptors (Lipinski definition) is 4. The normalized spacial score (nSPS) is 11.7. The number of benzene rings is 1. The van der Waals surface area contributed by atoms with Gasteiger partial charge in [0, 0.05) is 6.61 Å². The molecule has 15 heavy (non-hydrogen) atoms. The van der Waals surface area contributed by atoms with Gasteiger partial charge in [0.2, 0.25) is 5.75 Å². The van der Waals surface area contributed by atoms with Crippen LogP contribution in [-0.4, -0.2) is 27.0 Å². The third kappa shape index (κ3) is 2.53. The van der Waals surface area contributed by atoms with E-state index < -0.39 is 5.75 Å². The van der Waals surface area contributed by atoms with Gasteiger partial charge in [-0.25, -0.2) is 0 Å². The second-order valence-electron chi connectivity index (χ2n) is 4.44. The first-order valence-electron chi connectivity index (χ1n) is 4.71. The van der Waals surface area contributed by atoms with Crippen LogP contribution in [0.2, 0.25) is 0 Å². The van der Waals surface area contributed by atoms with Gasteiger partial charge in [-0.15, -0.1) is 0 Å². The highest BCUT2D eigenvalue weighted by Crippen LogP contribution is 2.39. The lowest BCUT2D eigenvalue weighted by molar-refractivity contribution is 0.158. The molecule has 4 heteroatoms. The SMILES string of the molecule is CC(C)(CO)Cc1ccc(O)c(O)c1O. The Morgan fingerprint density at radius 1 is 1.07 bits per heavy atom. The Labute approximate surface area is 88.4 Å². The van der Waals surface area contributed by atoms with E-state index in [-0.39, 0.29) is 23.5 Å². The summed E-state index contributed by atoms with van der Waals surface area (Å²) in [4.78, 5) is 0. The summed E-state index contributed by atoms with van der Waals surface area (Å²) in [5.41, 5.74) is 0.130. The molecule has 84 valence electrons. The second kappa shape index (κ2) is 3.98. The van der Waals surface area contributed by atoms with Crippen molar-refractivity contribution in [3.05, 3.63) is 17.7 Å². The molecule has 0 radical (unpaired) electrons. The molecule has 1 aromatic rings. The molecule has 0 atom stereocenters. The van der Waals surface area contributed by atoms with E-state index in [1.54, 1.807) is 0 Å². The monoisotopic (exact) mass is 212 g/mol. The minimum absolute atomic E-state index is 0.0198. The Morgan fingerprint density at radius 2 is 1.67 bits per heavy atom. The molecule has 0 spiro atoms. The van der Waals surface area contributed by atoms with E-state index in [9.17, 15) is 10.2 Å². The van der Waals surface area contributed by atoms with E-state index in [0.717, 1.165) is 0 Å². The highest BCUT2D eigenvalue weighted by Gasteiger charge is 2.21. The smallest absolute Gasteiger partial charge is 0.200 e. The van der Waals surface area contributed by atoms with E-state index in [1.165, 1.54) is 12.1 Å². The summed E-state index contributed by atoms with van der Waals surface area (Å²) in [5, 5.41) is 37.0. The quantitative estimate of drug-likeness (QED) is 0.570. The summed E-state index contributed by atoms with van der Waals surface area (Å²) < 4.78 is 0. The molecule has 4 nitrogen and oxygen atoms in total. The van der Waals surface area contributed by atoms with Crippen LogP contribution in [0.5, 0.6) is 17.2 Å². The average molecular weight is 212 g/mol. The molecule has 0 aliphatic heterocycles. The van der Waals surface area contributed by atoms with Gasteiger partial charge in [0.1, 0.15) is 0 Å². The Bertz CT molecular complexity index is 358. The largest absolute Gasteiger partial charge is 0.504 e. The van der Waals surface area contributed by atoms with Crippen molar-refractivity contribution in [2.75, 3.05) is 6.61 Å². The predicted molar refractivity (Wildman–Crippen MR) is 56.0 cm³/mol. The fourth-order valence-corrected chi connectivity index (χ4v) is 1.32. The number of aliphatic hydroxyl groups excluding tert-OH is 1. The molecule has 0 saturated heterocycles. The van der Waals surface area contributed by atoms with Gasteiger partial charge in [-0.1, -0.05) is 19.9 Å². The molecule has 0 heterocycles. The van der Waals surface area contributed by atoms with Crippen LogP contribution < -0.4 is 0 Å². The zero-order valence-corrected chi connectivity index (χ0v) is 8.86. The highest BCUT2D eigenvalue weighted by atomic mass is 16.3. The molecule has 0 aliphatic carbocycles. The third-order valence-electron chi connectivity index (χ3n) is 2.31. The van der Waals surface area contributed by atoms with Crippen molar-refractivity contribution in [1.82, 2.24) is 0 Å². The number of aliphatic hydroxyl groups is 1. The first-order valence-corrected chi connectivity index (χ1v) is 4.71. The molecule has 0 saturated carbocycles. The maximum Gasteiger partial charge on any atom is 0.200 e. The molecule has 1 rings (SSSR count). The number of rotatable bonds is 3. The molecule has 0 fully saturated rings. The van der Waals surface area contributed by atoms with Gasteiger partial charge >= 0.3 is 0 Å². The lowest BCUT2D eigenvalue weighted by Gasteiger charge is -2.22. The van der Waals surface area contributed by atoms with Crippen LogP contribution in [0.3, 0.4) is 0 Å². The van der Waals surface area contributed by atoms with Crippen molar-refractivity contribution in [2.45, 2.75) is 20.3 Å². The van der Waals surface area contributed by atoms with Gasteiger partial charge in [0.05, 0.1) is 0 Å². The Balaban J connectivity index is 3.02. The summed E-state index contributed by atoms with van der Waals surface area (Å²) in [6.07, 6.45) is 0.420. The van der Waals surface area contributed by atoms with Crippen molar-refractivity contribution in [3.8, 4) is 17.2 Å². The van der Waals surface area contributed by atoms with Gasteiger partial charge in [0.15, 0.2) is 11.5 Å². The van der Waals surface area contributed by atoms with Crippen LogP contribution in [0.15, 0.2) is 12.1 Å². The zero-order chi connectivity index (χ0) is 11.6. The standard InChI is InChI=1S/C11H16O4/c1-11(2,6-12)5-7-3-4-8(13)10(15)9(7)14/h3-4,12-15H,5-6H2,1-2H3. The average Bonchev–Trinajstić information content (AvgIpc) is 2.19. The number of phenolic OH excluding ortho intramolecular Hbond substituents is 3. The fourth-order valence-electron chi connectivity index (χ4n) is 1.32. The first-order chi connectivity index (χ1) is 6.87. The maximum atomic E-state index is 9.55. The lowest BCUT2D eigenvalue weighted by atomic mass is 9.86. The lowest BCUT2D eigenvalue weighted by Crippen LogP contribution is -2.19. The fraction of sp³-hybridized carbons (Fsp3) is 0.455. The number of hydrogen-bond donors (Lipinski definition) is 4. The Hall–Kier alpha value is -1.42. The molecular weight excluding hydrogens is 196 g/mol. The molecule has 0 aliphatic rings. The summed E-state index contributed by atoms with van der Waals surface area (Å²) in [7, 11) is 0. The van der Waals surface area contributed by atoms with E-state index >= 15 is 0 Å². The van der Waals surface area contributed by atoms with Gasteiger partial charge in [0.25, 0.3) is 0 Å². The molecule has 0 amide bonds. The Kier molecular flexibility index (Phi) is 3.09. The molecule has 0 bridgehead atoms. The molecular formula is C11H16O4. The van der Waals surface area contributed by atoms with Crippen molar-refractivity contribution in [2.24, 2.45) is 5.41 Å². The summed E-state index contributed by atoms with van der Waals surface area (Å²) in [6.45, 7) is 3.67. The predicted octanol–water partition coefficient (Wildman–Crippen LogP) is 1.36. The molecule has 0 unspecified atom stereocenters. The van der Waals surface area contributed by atoms with E-state index in [2.05, 4.69) is 0 Å². The zero-order valence-electron chi connectivity index (χ0n) is 8.86. The summed E-state index contributed by atoms with van der Waals surface area (Å²) in [5.74, 6) is -1.18. The second-order valence-corrected chi connectivity index (χ2v) is 4.44. The van der Waals surface area contributed by atoms with Crippen molar-refractivity contribution in [3.63, 3.8) is 0 Å². The van der Waals surface area contributed by atoms with E-state index in [4.69, 9.17) is 10.2 Å². The van der Waals surface area contributed by atoms with Crippen LogP contribution in [0.1, 0.15) is 19.4 Å². The van der Waals surface area contributed by atoms with Crippen LogP contribution >= 0.6 is 0 Å². The maximum absolute atomic E-state index is 9.55. The minimum atomic E-state index is -0.513. The molecule has 4 N–H and O–H groups in total. The molecule has 0 aromatic heterocycles. The van der Waals surface area contributed by atoms with E-state index in [1.807, 2.05) is 13.8 Å². The minimum Gasteiger partial charge on any atom is -0.504 e. The Morgan fingerprint density at radius 3 is 2.20 bits per heavy atom. The van der Waals surface area contributed by atoms with Crippen LogP contribution in [-0.2, 0) is 6.42 Å². The molecule has 1 aromatic carbocycles. The number of aromatic hydroxyl groups is 3. The van der Waals surface area contributed by atoms with Crippen LogP contribution in [0.25, 0.3) is 0 Å². The van der Waals surface area contributed by atoms with Gasteiger partial charge in [-0.2, -0.15) is 0 Å². The van der Waals surface area contributed by atoms with Crippen LogP contribution in [0.4, 0.5) is 0 Å². The van der Waals surface area contributed by atoms with Crippen molar-refractivity contribution in [1.29, 1.82) is 0 Å². The van der Waals surface area contributed by atoms with Crippen molar-refractivity contribution >= 4 is 0 Å². The summed E-state index contributed by atoms with van der Waals surface area (Å²) >= 11 is 0. The van der Waals surface area contributed by atoms with Crippen molar-refractivity contribution < 1.29 is 20.4 Å². The summed E-state index contributed by atoms with van der Waals surface area (Å²) in [6, 6.07) is 2.85. The van der Waals surface area contributed by atoms with Crippen LogP contribution in [0, 0.1) is 5.41 Å². The van der Waals surface area contributed by atoms with Gasteiger partial charge in [-0.3, -0.25) is 0 Å².